The van der Waals surface area contributed by atoms with Crippen molar-refractivity contribution in [3.63, 3.8) is 0 Å². The van der Waals surface area contributed by atoms with Crippen LogP contribution in [-0.2, 0) is 11.2 Å². The van der Waals surface area contributed by atoms with Crippen molar-refractivity contribution < 1.29 is 4.79 Å². The molecule has 1 rings (SSSR count). The molecule has 0 fully saturated rings. The largest absolute Gasteiger partial charge is 0.388 e. The molecule has 0 heterocycles. The van der Waals surface area contributed by atoms with Gasteiger partial charge in [-0.15, -0.1) is 0 Å². The number of carbonyl (C=O) groups is 1. The quantitative estimate of drug-likeness (QED) is 0.354. The van der Waals surface area contributed by atoms with Gasteiger partial charge in [0.1, 0.15) is 0 Å². The molecule has 0 saturated carbocycles. The molecular formula is C9H13N3O. The first-order valence-electron chi connectivity index (χ1n) is 4.03. The van der Waals surface area contributed by atoms with Crippen LogP contribution in [0, 0.1) is 0 Å². The van der Waals surface area contributed by atoms with Crippen molar-refractivity contribution in [3.8, 4) is 0 Å². The highest BCUT2D eigenvalue weighted by Gasteiger charge is 2.04. The predicted molar refractivity (Wildman–Crippen MR) is 52.0 cm³/mol. The minimum Gasteiger partial charge on any atom is -0.388 e. The van der Waals surface area contributed by atoms with Gasteiger partial charge in [0, 0.05) is 12.7 Å². The van der Waals surface area contributed by atoms with Crippen LogP contribution >= 0.6 is 0 Å². The maximum Gasteiger partial charge on any atom is 0.238 e. The van der Waals surface area contributed by atoms with Gasteiger partial charge in [0.25, 0.3) is 0 Å². The molecule has 1 amide bonds. The number of carbonyl (C=O) groups excluding carboxylic acids is 1. The number of rotatable bonds is 3. The number of amides is 1. The lowest BCUT2D eigenvalue weighted by Crippen LogP contribution is -2.31. The van der Waals surface area contributed by atoms with E-state index in [1.807, 2.05) is 31.3 Å². The Morgan fingerprint density at radius 1 is 1.46 bits per heavy atom. The zero-order valence-corrected chi connectivity index (χ0v) is 7.50. The normalized spacial score (nSPS) is 9.38. The van der Waals surface area contributed by atoms with Gasteiger partial charge in [-0.2, -0.15) is 0 Å². The summed E-state index contributed by atoms with van der Waals surface area (Å²) >= 11 is 0. The van der Waals surface area contributed by atoms with Gasteiger partial charge < -0.3 is 5.32 Å². The maximum atomic E-state index is 11.0. The van der Waals surface area contributed by atoms with E-state index in [-0.39, 0.29) is 5.91 Å². The fourth-order valence-corrected chi connectivity index (χ4v) is 1.14. The number of nitrogens with two attached hydrogens (primary N) is 1. The van der Waals surface area contributed by atoms with Crippen LogP contribution in [-0.4, -0.2) is 13.0 Å². The van der Waals surface area contributed by atoms with Gasteiger partial charge >= 0.3 is 0 Å². The highest BCUT2D eigenvalue weighted by atomic mass is 16.2. The SMILES string of the molecule is CNc1ccccc1CC(=O)NN. The zero-order valence-electron chi connectivity index (χ0n) is 7.50. The average molecular weight is 179 g/mol. The second-order valence-corrected chi connectivity index (χ2v) is 2.65. The molecule has 0 aliphatic carbocycles. The molecule has 0 aliphatic rings. The Kier molecular flexibility index (Phi) is 3.28. The first-order chi connectivity index (χ1) is 6.27. The van der Waals surface area contributed by atoms with Gasteiger partial charge in [0.15, 0.2) is 0 Å². The maximum absolute atomic E-state index is 11.0. The first kappa shape index (κ1) is 9.54. The van der Waals surface area contributed by atoms with Gasteiger partial charge in [0.2, 0.25) is 5.91 Å². The van der Waals surface area contributed by atoms with Crippen LogP contribution in [0.1, 0.15) is 5.56 Å². The Bertz CT molecular complexity index is 299. The van der Waals surface area contributed by atoms with E-state index in [2.05, 4.69) is 10.7 Å². The zero-order chi connectivity index (χ0) is 9.68. The summed E-state index contributed by atoms with van der Waals surface area (Å²) < 4.78 is 0. The third-order valence-electron chi connectivity index (χ3n) is 1.80. The second kappa shape index (κ2) is 4.47. The topological polar surface area (TPSA) is 67.2 Å². The molecule has 1 aromatic carbocycles. The van der Waals surface area contributed by atoms with E-state index >= 15 is 0 Å². The molecule has 0 saturated heterocycles. The van der Waals surface area contributed by atoms with E-state index in [1.165, 1.54) is 0 Å². The Hall–Kier alpha value is -1.55. The summed E-state index contributed by atoms with van der Waals surface area (Å²) in [4.78, 5) is 11.0. The number of hydrazine groups is 1. The monoisotopic (exact) mass is 179 g/mol. The van der Waals surface area contributed by atoms with Crippen LogP contribution < -0.4 is 16.6 Å². The van der Waals surface area contributed by atoms with Crippen molar-refractivity contribution in [2.24, 2.45) is 5.84 Å². The fraction of sp³-hybridized carbons (Fsp3) is 0.222. The van der Waals surface area contributed by atoms with Crippen molar-refractivity contribution in [1.29, 1.82) is 0 Å². The summed E-state index contributed by atoms with van der Waals surface area (Å²) in [7, 11) is 1.82. The molecule has 4 N–H and O–H groups in total. The molecule has 4 heteroatoms. The molecular weight excluding hydrogens is 166 g/mol. The molecule has 4 nitrogen and oxygen atoms in total. The van der Waals surface area contributed by atoms with Gasteiger partial charge in [-0.1, -0.05) is 18.2 Å². The Labute approximate surface area is 77.1 Å². The number of hydrogen-bond acceptors (Lipinski definition) is 3. The molecule has 0 radical (unpaired) electrons. The van der Waals surface area contributed by atoms with E-state index in [0.29, 0.717) is 6.42 Å². The number of para-hydroxylation sites is 1. The van der Waals surface area contributed by atoms with Crippen LogP contribution in [0.5, 0.6) is 0 Å². The Balaban J connectivity index is 2.81. The highest BCUT2D eigenvalue weighted by Crippen LogP contribution is 2.14. The van der Waals surface area contributed by atoms with Gasteiger partial charge in [-0.05, 0) is 11.6 Å². The first-order valence-corrected chi connectivity index (χ1v) is 4.03. The molecule has 0 spiro atoms. The van der Waals surface area contributed by atoms with Crippen LogP contribution in [0.4, 0.5) is 5.69 Å². The number of anilines is 1. The summed E-state index contributed by atoms with van der Waals surface area (Å²) in [6.07, 6.45) is 0.299. The van der Waals surface area contributed by atoms with Crippen LogP contribution in [0.25, 0.3) is 0 Å². The molecule has 70 valence electrons. The summed E-state index contributed by atoms with van der Waals surface area (Å²) in [6.45, 7) is 0. The number of nitrogens with one attached hydrogen (secondary N) is 2. The van der Waals surface area contributed by atoms with Gasteiger partial charge in [0.05, 0.1) is 6.42 Å². The van der Waals surface area contributed by atoms with Crippen molar-refractivity contribution >= 4 is 11.6 Å². The lowest BCUT2D eigenvalue weighted by molar-refractivity contribution is -0.120. The standard InChI is InChI=1S/C9H13N3O/c1-11-8-5-3-2-4-7(8)6-9(13)12-10/h2-5,11H,6,10H2,1H3,(H,12,13). The van der Waals surface area contributed by atoms with E-state index in [0.717, 1.165) is 11.3 Å². The summed E-state index contributed by atoms with van der Waals surface area (Å²) in [5, 5.41) is 3.00. The fourth-order valence-electron chi connectivity index (χ4n) is 1.14. The number of hydrogen-bond donors (Lipinski definition) is 3. The van der Waals surface area contributed by atoms with Gasteiger partial charge in [-0.25, -0.2) is 5.84 Å². The van der Waals surface area contributed by atoms with E-state index in [9.17, 15) is 4.79 Å². The van der Waals surface area contributed by atoms with Crippen molar-refractivity contribution in [2.45, 2.75) is 6.42 Å². The Morgan fingerprint density at radius 3 is 2.77 bits per heavy atom. The van der Waals surface area contributed by atoms with E-state index < -0.39 is 0 Å². The van der Waals surface area contributed by atoms with Crippen molar-refractivity contribution in [2.75, 3.05) is 12.4 Å². The van der Waals surface area contributed by atoms with Crippen LogP contribution in [0.2, 0.25) is 0 Å². The third kappa shape index (κ3) is 2.45. The number of benzene rings is 1. The third-order valence-corrected chi connectivity index (χ3v) is 1.80. The molecule has 1 aromatic rings. The molecule has 0 unspecified atom stereocenters. The lowest BCUT2D eigenvalue weighted by Gasteiger charge is -2.07. The smallest absolute Gasteiger partial charge is 0.238 e. The van der Waals surface area contributed by atoms with Gasteiger partial charge in [-0.3, -0.25) is 10.2 Å². The molecule has 0 atom stereocenters. The second-order valence-electron chi connectivity index (χ2n) is 2.65. The Morgan fingerprint density at radius 2 is 2.15 bits per heavy atom. The summed E-state index contributed by atoms with van der Waals surface area (Å²) in [5.41, 5.74) is 3.99. The van der Waals surface area contributed by atoms with Crippen LogP contribution in [0.3, 0.4) is 0 Å². The highest BCUT2D eigenvalue weighted by molar-refractivity contribution is 5.79. The molecule has 13 heavy (non-hydrogen) atoms. The average Bonchev–Trinajstić information content (AvgIpc) is 2.18. The predicted octanol–water partition coefficient (Wildman–Crippen LogP) is 0.261. The summed E-state index contributed by atoms with van der Waals surface area (Å²) in [6, 6.07) is 7.61. The van der Waals surface area contributed by atoms with Crippen molar-refractivity contribution in [1.82, 2.24) is 5.43 Å². The molecule has 0 aliphatic heterocycles. The van der Waals surface area contributed by atoms with E-state index in [1.54, 1.807) is 0 Å². The van der Waals surface area contributed by atoms with Crippen LogP contribution in [0.15, 0.2) is 24.3 Å². The minimum atomic E-state index is -0.192. The van der Waals surface area contributed by atoms with Crippen molar-refractivity contribution in [3.05, 3.63) is 29.8 Å². The molecule has 0 aromatic heterocycles. The summed E-state index contributed by atoms with van der Waals surface area (Å²) in [5.74, 6) is 4.80. The molecule has 0 bridgehead atoms. The lowest BCUT2D eigenvalue weighted by atomic mass is 10.1. The minimum absolute atomic E-state index is 0.192. The van der Waals surface area contributed by atoms with E-state index in [4.69, 9.17) is 5.84 Å².